The lowest BCUT2D eigenvalue weighted by Gasteiger charge is -2.39. The molecule has 0 spiro atoms. The van der Waals surface area contributed by atoms with Gasteiger partial charge in [-0.2, -0.15) is 0 Å². The van der Waals surface area contributed by atoms with E-state index in [0.717, 1.165) is 34.3 Å². The zero-order valence-electron chi connectivity index (χ0n) is 19.3. The number of benzene rings is 2. The number of hydrogen-bond donors (Lipinski definition) is 1. The number of ether oxygens (including phenoxy) is 1. The van der Waals surface area contributed by atoms with Crippen LogP contribution in [0.15, 0.2) is 36.4 Å². The minimum Gasteiger partial charge on any atom is -0.487 e. The second kappa shape index (κ2) is 8.19. The zero-order valence-corrected chi connectivity index (χ0v) is 20.1. The average molecular weight is 445 g/mol. The van der Waals surface area contributed by atoms with Crippen molar-refractivity contribution in [1.82, 2.24) is 5.32 Å². The number of fused-ring (bicyclic) bond motifs is 1. The molecule has 0 unspecified atom stereocenters. The Morgan fingerprint density at radius 1 is 1.13 bits per heavy atom. The highest BCUT2D eigenvalue weighted by Gasteiger charge is 2.37. The maximum absolute atomic E-state index is 13.3. The third kappa shape index (κ3) is 5.03. The number of amides is 1. The molecule has 2 aromatic carbocycles. The van der Waals surface area contributed by atoms with E-state index < -0.39 is 21.7 Å². The quantitative estimate of drug-likeness (QED) is 0.750. The summed E-state index contributed by atoms with van der Waals surface area (Å²) in [5.74, 6) is 0.399. The van der Waals surface area contributed by atoms with Gasteiger partial charge in [0.15, 0.2) is 0 Å². The van der Waals surface area contributed by atoms with E-state index in [9.17, 15) is 13.2 Å². The van der Waals surface area contributed by atoms with Crippen molar-refractivity contribution in [2.24, 2.45) is 0 Å². The molecule has 1 amide bonds. The topological polar surface area (TPSA) is 75.7 Å². The van der Waals surface area contributed by atoms with Crippen LogP contribution in [0.2, 0.25) is 0 Å². The average Bonchev–Trinajstić information content (AvgIpc) is 2.63. The first-order valence-electron chi connectivity index (χ1n) is 10.4. The van der Waals surface area contributed by atoms with Crippen molar-refractivity contribution in [1.29, 1.82) is 0 Å². The fourth-order valence-corrected chi connectivity index (χ4v) is 5.36. The number of nitrogens with one attached hydrogen (secondary N) is 1. The van der Waals surface area contributed by atoms with E-state index in [0.29, 0.717) is 12.1 Å². The number of carbonyl (C=O) groups excluding carboxylic acids is 1. The van der Waals surface area contributed by atoms with Gasteiger partial charge >= 0.3 is 0 Å². The van der Waals surface area contributed by atoms with Crippen molar-refractivity contribution < 1.29 is 17.9 Å². The first-order valence-corrected chi connectivity index (χ1v) is 12.3. The van der Waals surface area contributed by atoms with Gasteiger partial charge in [-0.1, -0.05) is 29.8 Å². The number of sulfonamides is 1. The van der Waals surface area contributed by atoms with E-state index >= 15 is 0 Å². The largest absolute Gasteiger partial charge is 0.487 e. The van der Waals surface area contributed by atoms with E-state index in [4.69, 9.17) is 4.74 Å². The Balaban J connectivity index is 1.95. The van der Waals surface area contributed by atoms with Gasteiger partial charge in [-0.3, -0.25) is 9.10 Å². The molecule has 7 heteroatoms. The van der Waals surface area contributed by atoms with E-state index in [1.54, 1.807) is 13.0 Å². The summed E-state index contributed by atoms with van der Waals surface area (Å²) in [6, 6.07) is 10.3. The molecule has 0 saturated heterocycles. The molecule has 0 fully saturated rings. The molecule has 2 atom stereocenters. The molecule has 0 saturated carbocycles. The third-order valence-electron chi connectivity index (χ3n) is 5.63. The minimum absolute atomic E-state index is 0.270. The van der Waals surface area contributed by atoms with Gasteiger partial charge in [0, 0.05) is 12.0 Å². The van der Waals surface area contributed by atoms with Gasteiger partial charge in [-0.05, 0) is 64.8 Å². The summed E-state index contributed by atoms with van der Waals surface area (Å²) >= 11 is 0. The number of aryl methyl sites for hydroxylation is 3. The van der Waals surface area contributed by atoms with Crippen molar-refractivity contribution >= 4 is 21.6 Å². The molecule has 2 aromatic rings. The van der Waals surface area contributed by atoms with Crippen molar-refractivity contribution in [3.63, 3.8) is 0 Å². The van der Waals surface area contributed by atoms with Crippen LogP contribution in [0.1, 0.15) is 55.5 Å². The second-order valence-electron chi connectivity index (χ2n) is 9.19. The Kier molecular flexibility index (Phi) is 6.11. The van der Waals surface area contributed by atoms with Gasteiger partial charge < -0.3 is 10.1 Å². The lowest BCUT2D eigenvalue weighted by atomic mass is 9.88. The van der Waals surface area contributed by atoms with Crippen LogP contribution in [0.5, 0.6) is 5.75 Å². The van der Waals surface area contributed by atoms with Crippen LogP contribution in [0.25, 0.3) is 0 Å². The van der Waals surface area contributed by atoms with Gasteiger partial charge in [-0.15, -0.1) is 0 Å². The summed E-state index contributed by atoms with van der Waals surface area (Å²) in [5.41, 5.74) is 3.78. The number of carbonyl (C=O) groups is 1. The van der Waals surface area contributed by atoms with E-state index in [-0.39, 0.29) is 11.9 Å². The number of rotatable bonds is 5. The van der Waals surface area contributed by atoms with Crippen LogP contribution >= 0.6 is 0 Å². The van der Waals surface area contributed by atoms with Gasteiger partial charge in [0.25, 0.3) is 0 Å². The van der Waals surface area contributed by atoms with Crippen molar-refractivity contribution in [2.45, 2.75) is 65.6 Å². The molecule has 1 aliphatic rings. The Bertz CT molecular complexity index is 1110. The molecule has 168 valence electrons. The SMILES string of the molecule is Cc1ccc2c(c1)[C@H](NC(=O)[C@@H](C)N(c1cc(C)ccc1C)S(C)(=O)=O)CC(C)(C)O2. The van der Waals surface area contributed by atoms with Gasteiger partial charge in [-0.25, -0.2) is 8.42 Å². The maximum atomic E-state index is 13.3. The molecule has 1 heterocycles. The normalized spacial score (nSPS) is 18.5. The van der Waals surface area contributed by atoms with Crippen LogP contribution in [0.4, 0.5) is 5.69 Å². The third-order valence-corrected chi connectivity index (χ3v) is 6.86. The summed E-state index contributed by atoms with van der Waals surface area (Å²) in [4.78, 5) is 13.3. The van der Waals surface area contributed by atoms with Crippen molar-refractivity contribution in [3.05, 3.63) is 58.7 Å². The fraction of sp³-hybridized carbons (Fsp3) is 0.458. The Morgan fingerprint density at radius 2 is 1.74 bits per heavy atom. The highest BCUT2D eigenvalue weighted by Crippen LogP contribution is 2.40. The fourth-order valence-electron chi connectivity index (χ4n) is 4.13. The first kappa shape index (κ1) is 23.1. The highest BCUT2D eigenvalue weighted by atomic mass is 32.2. The first-order chi connectivity index (χ1) is 14.3. The molecule has 6 nitrogen and oxygen atoms in total. The summed E-state index contributed by atoms with van der Waals surface area (Å²) in [7, 11) is -3.68. The Labute approximate surface area is 185 Å². The second-order valence-corrected chi connectivity index (χ2v) is 11.1. The molecule has 0 aromatic heterocycles. The molecule has 0 aliphatic carbocycles. The standard InChI is InChI=1S/C24H32N2O4S/c1-15-9-11-22-19(12-15)20(14-24(5,6)30-22)25-23(27)18(4)26(31(7,28)29)21-13-16(2)8-10-17(21)3/h8-13,18,20H,14H2,1-7H3,(H,25,27)/t18-,20-/m1/s1. The highest BCUT2D eigenvalue weighted by molar-refractivity contribution is 7.92. The summed E-state index contributed by atoms with van der Waals surface area (Å²) in [5, 5.41) is 3.09. The van der Waals surface area contributed by atoms with Crippen molar-refractivity contribution in [3.8, 4) is 5.75 Å². The molecular formula is C24H32N2O4S. The smallest absolute Gasteiger partial charge is 0.244 e. The molecule has 1 aliphatic heterocycles. The van der Waals surface area contributed by atoms with Crippen LogP contribution in [-0.4, -0.2) is 32.2 Å². The lowest BCUT2D eigenvalue weighted by molar-refractivity contribution is -0.123. The molecule has 0 bridgehead atoms. The molecule has 31 heavy (non-hydrogen) atoms. The van der Waals surface area contributed by atoms with Gasteiger partial charge in [0.05, 0.1) is 18.0 Å². The van der Waals surface area contributed by atoms with Crippen LogP contribution in [-0.2, 0) is 14.8 Å². The van der Waals surface area contributed by atoms with Crippen LogP contribution in [0.3, 0.4) is 0 Å². The monoisotopic (exact) mass is 444 g/mol. The predicted molar refractivity (Wildman–Crippen MR) is 124 cm³/mol. The zero-order chi connectivity index (χ0) is 23.1. The molecule has 0 radical (unpaired) electrons. The minimum atomic E-state index is -3.68. The molecular weight excluding hydrogens is 412 g/mol. The summed E-state index contributed by atoms with van der Waals surface area (Å²) in [6.07, 6.45) is 1.72. The van der Waals surface area contributed by atoms with E-state index in [2.05, 4.69) is 5.32 Å². The Morgan fingerprint density at radius 3 is 2.39 bits per heavy atom. The Hall–Kier alpha value is -2.54. The van der Waals surface area contributed by atoms with Gasteiger partial charge in [0.1, 0.15) is 17.4 Å². The molecule has 3 rings (SSSR count). The lowest BCUT2D eigenvalue weighted by Crippen LogP contribution is -2.50. The van der Waals surface area contributed by atoms with Gasteiger partial charge in [0.2, 0.25) is 15.9 Å². The summed E-state index contributed by atoms with van der Waals surface area (Å²) in [6.45, 7) is 11.3. The van der Waals surface area contributed by atoms with E-state index in [1.807, 2.05) is 65.0 Å². The van der Waals surface area contributed by atoms with E-state index in [1.165, 1.54) is 4.31 Å². The van der Waals surface area contributed by atoms with Crippen molar-refractivity contribution in [2.75, 3.05) is 10.6 Å². The predicted octanol–water partition coefficient (Wildman–Crippen LogP) is 4.18. The maximum Gasteiger partial charge on any atom is 0.244 e. The molecule has 1 N–H and O–H groups in total. The van der Waals surface area contributed by atoms with Crippen LogP contribution < -0.4 is 14.4 Å². The number of anilines is 1. The summed E-state index contributed by atoms with van der Waals surface area (Å²) < 4.78 is 32.7. The number of hydrogen-bond acceptors (Lipinski definition) is 4. The van der Waals surface area contributed by atoms with Crippen LogP contribution in [0, 0.1) is 20.8 Å². The number of nitrogens with zero attached hydrogens (tertiary/aromatic N) is 1.